The van der Waals surface area contributed by atoms with E-state index in [0.717, 1.165) is 0 Å². The maximum absolute atomic E-state index is 10.8. The summed E-state index contributed by atoms with van der Waals surface area (Å²) in [5.74, 6) is 0.404. The molecule has 3 nitrogen and oxygen atoms in total. The van der Waals surface area contributed by atoms with E-state index in [4.69, 9.17) is 5.21 Å². The van der Waals surface area contributed by atoms with Crippen LogP contribution >= 0.6 is 0 Å². The molecule has 0 aliphatic heterocycles. The Morgan fingerprint density at radius 2 is 2.18 bits per heavy atom. The Bertz CT molecular complexity index is 161. The Kier molecular flexibility index (Phi) is 2.18. The van der Waals surface area contributed by atoms with Gasteiger partial charge in [-0.3, -0.25) is 10.0 Å². The number of hydrogen-bond acceptors (Lipinski definition) is 2. The number of carbonyl (C=O) groups excluding carboxylic acids is 1. The second-order valence-electron chi connectivity index (χ2n) is 3.97. The fourth-order valence-corrected chi connectivity index (χ4v) is 1.46. The monoisotopic (exact) mass is 157 g/mol. The maximum Gasteiger partial charge on any atom is 0.243 e. The van der Waals surface area contributed by atoms with Crippen molar-refractivity contribution in [2.75, 3.05) is 0 Å². The summed E-state index contributed by atoms with van der Waals surface area (Å²) in [4.78, 5) is 10.8. The van der Waals surface area contributed by atoms with E-state index < -0.39 is 0 Å². The van der Waals surface area contributed by atoms with Crippen LogP contribution in [0.15, 0.2) is 0 Å². The van der Waals surface area contributed by atoms with Gasteiger partial charge in [-0.05, 0) is 24.2 Å². The minimum Gasteiger partial charge on any atom is -0.289 e. The first-order valence-corrected chi connectivity index (χ1v) is 3.99. The van der Waals surface area contributed by atoms with Gasteiger partial charge in [-0.25, -0.2) is 5.48 Å². The van der Waals surface area contributed by atoms with E-state index in [1.165, 1.54) is 12.8 Å². The lowest BCUT2D eigenvalue weighted by Gasteiger charge is -2.22. The van der Waals surface area contributed by atoms with Crippen molar-refractivity contribution in [3.05, 3.63) is 0 Å². The SMILES string of the molecule is CC(C)(CC(=O)NO)C1CC1. The van der Waals surface area contributed by atoms with Crippen LogP contribution in [0, 0.1) is 11.3 Å². The second-order valence-corrected chi connectivity index (χ2v) is 3.97. The summed E-state index contributed by atoms with van der Waals surface area (Å²) in [6, 6.07) is 0. The summed E-state index contributed by atoms with van der Waals surface area (Å²) >= 11 is 0. The molecule has 0 aromatic heterocycles. The van der Waals surface area contributed by atoms with E-state index in [9.17, 15) is 4.79 Å². The zero-order chi connectivity index (χ0) is 8.48. The van der Waals surface area contributed by atoms with Crippen molar-refractivity contribution in [3.8, 4) is 0 Å². The van der Waals surface area contributed by atoms with Crippen LogP contribution in [-0.2, 0) is 4.79 Å². The van der Waals surface area contributed by atoms with Crippen molar-refractivity contribution in [2.24, 2.45) is 11.3 Å². The Hall–Kier alpha value is -0.570. The van der Waals surface area contributed by atoms with E-state index in [1.807, 2.05) is 0 Å². The average Bonchev–Trinajstić information content (AvgIpc) is 2.66. The predicted molar refractivity (Wildman–Crippen MR) is 41.1 cm³/mol. The molecule has 0 radical (unpaired) electrons. The quantitative estimate of drug-likeness (QED) is 0.479. The molecule has 1 rings (SSSR count). The molecule has 0 atom stereocenters. The molecular weight excluding hydrogens is 142 g/mol. The standard InChI is InChI=1S/C8H15NO2/c1-8(2,6-3-4-6)5-7(10)9-11/h6,11H,3-5H2,1-2H3,(H,9,10). The molecule has 64 valence electrons. The Morgan fingerprint density at radius 1 is 1.64 bits per heavy atom. The van der Waals surface area contributed by atoms with Crippen LogP contribution in [0.4, 0.5) is 0 Å². The van der Waals surface area contributed by atoms with Crippen molar-refractivity contribution in [2.45, 2.75) is 33.1 Å². The molecule has 0 heterocycles. The second kappa shape index (κ2) is 2.81. The smallest absolute Gasteiger partial charge is 0.243 e. The van der Waals surface area contributed by atoms with Crippen LogP contribution < -0.4 is 5.48 Å². The number of rotatable bonds is 3. The van der Waals surface area contributed by atoms with Crippen LogP contribution in [0.25, 0.3) is 0 Å². The number of carbonyl (C=O) groups is 1. The highest BCUT2D eigenvalue weighted by molar-refractivity contribution is 5.75. The normalized spacial score (nSPS) is 18.1. The molecule has 11 heavy (non-hydrogen) atoms. The van der Waals surface area contributed by atoms with E-state index >= 15 is 0 Å². The minimum absolute atomic E-state index is 0.0623. The number of nitrogens with one attached hydrogen (secondary N) is 1. The zero-order valence-electron chi connectivity index (χ0n) is 7.05. The largest absolute Gasteiger partial charge is 0.289 e. The molecule has 3 heteroatoms. The highest BCUT2D eigenvalue weighted by Gasteiger charge is 2.38. The third-order valence-electron chi connectivity index (χ3n) is 2.42. The van der Waals surface area contributed by atoms with Crippen molar-refractivity contribution >= 4 is 5.91 Å². The van der Waals surface area contributed by atoms with Gasteiger partial charge in [-0.15, -0.1) is 0 Å². The molecule has 0 bridgehead atoms. The summed E-state index contributed by atoms with van der Waals surface area (Å²) in [6.07, 6.45) is 2.88. The van der Waals surface area contributed by atoms with Gasteiger partial charge in [0.25, 0.3) is 0 Å². The Balaban J connectivity index is 2.38. The summed E-state index contributed by atoms with van der Waals surface area (Å²) in [5, 5.41) is 8.30. The molecule has 0 unspecified atom stereocenters. The Morgan fingerprint density at radius 3 is 2.55 bits per heavy atom. The first kappa shape index (κ1) is 8.53. The predicted octanol–water partition coefficient (Wildman–Crippen LogP) is 1.32. The number of amides is 1. The summed E-state index contributed by atoms with van der Waals surface area (Å²) in [7, 11) is 0. The lowest BCUT2D eigenvalue weighted by atomic mass is 9.84. The molecule has 0 aromatic rings. The van der Waals surface area contributed by atoms with Gasteiger partial charge in [0.2, 0.25) is 5.91 Å². The molecule has 1 aliphatic carbocycles. The Labute approximate surface area is 66.7 Å². The maximum atomic E-state index is 10.8. The van der Waals surface area contributed by atoms with Gasteiger partial charge in [0, 0.05) is 6.42 Å². The first-order chi connectivity index (χ1) is 5.06. The lowest BCUT2D eigenvalue weighted by Crippen LogP contribution is -2.27. The molecule has 1 amide bonds. The van der Waals surface area contributed by atoms with E-state index in [-0.39, 0.29) is 11.3 Å². The van der Waals surface area contributed by atoms with Crippen molar-refractivity contribution in [1.29, 1.82) is 0 Å². The summed E-state index contributed by atoms with van der Waals surface area (Å²) in [6.45, 7) is 4.14. The van der Waals surface area contributed by atoms with Gasteiger partial charge in [-0.2, -0.15) is 0 Å². The number of hydrogen-bond donors (Lipinski definition) is 2. The van der Waals surface area contributed by atoms with Crippen LogP contribution in [0.3, 0.4) is 0 Å². The van der Waals surface area contributed by atoms with Crippen LogP contribution in [0.5, 0.6) is 0 Å². The van der Waals surface area contributed by atoms with Crippen molar-refractivity contribution < 1.29 is 10.0 Å². The molecule has 1 aliphatic rings. The highest BCUT2D eigenvalue weighted by atomic mass is 16.5. The van der Waals surface area contributed by atoms with Gasteiger partial charge >= 0.3 is 0 Å². The third kappa shape index (κ3) is 2.19. The first-order valence-electron chi connectivity index (χ1n) is 3.99. The molecule has 1 saturated carbocycles. The van der Waals surface area contributed by atoms with Gasteiger partial charge < -0.3 is 0 Å². The van der Waals surface area contributed by atoms with Crippen LogP contribution in [0.1, 0.15) is 33.1 Å². The van der Waals surface area contributed by atoms with Crippen molar-refractivity contribution in [1.82, 2.24) is 5.48 Å². The van der Waals surface area contributed by atoms with Crippen LogP contribution in [-0.4, -0.2) is 11.1 Å². The topological polar surface area (TPSA) is 49.3 Å². The molecule has 0 saturated heterocycles. The van der Waals surface area contributed by atoms with E-state index in [0.29, 0.717) is 12.3 Å². The highest BCUT2D eigenvalue weighted by Crippen LogP contribution is 2.47. The molecule has 0 spiro atoms. The third-order valence-corrected chi connectivity index (χ3v) is 2.42. The zero-order valence-corrected chi connectivity index (χ0v) is 7.05. The molecule has 0 aromatic carbocycles. The molecular formula is C8H15NO2. The van der Waals surface area contributed by atoms with E-state index in [1.54, 1.807) is 5.48 Å². The van der Waals surface area contributed by atoms with Gasteiger partial charge in [-0.1, -0.05) is 13.8 Å². The van der Waals surface area contributed by atoms with Gasteiger partial charge in [0.15, 0.2) is 0 Å². The minimum atomic E-state index is -0.276. The van der Waals surface area contributed by atoms with Gasteiger partial charge in [0.1, 0.15) is 0 Å². The molecule has 1 fully saturated rings. The fourth-order valence-electron chi connectivity index (χ4n) is 1.46. The number of hydroxylamine groups is 1. The van der Waals surface area contributed by atoms with Crippen LogP contribution in [0.2, 0.25) is 0 Å². The summed E-state index contributed by atoms with van der Waals surface area (Å²) in [5.41, 5.74) is 1.73. The fraction of sp³-hybridized carbons (Fsp3) is 0.875. The van der Waals surface area contributed by atoms with Gasteiger partial charge in [0.05, 0.1) is 0 Å². The van der Waals surface area contributed by atoms with E-state index in [2.05, 4.69) is 13.8 Å². The molecule has 2 N–H and O–H groups in total. The van der Waals surface area contributed by atoms with Crippen molar-refractivity contribution in [3.63, 3.8) is 0 Å². The lowest BCUT2D eigenvalue weighted by molar-refractivity contribution is -0.131. The summed E-state index contributed by atoms with van der Waals surface area (Å²) < 4.78 is 0. The average molecular weight is 157 g/mol.